The molecule has 2 rings (SSSR count). The molecule has 0 aliphatic carbocycles. The first kappa shape index (κ1) is 20.4. The molecule has 2 aromatic carbocycles. The molecule has 0 bridgehead atoms. The summed E-state index contributed by atoms with van der Waals surface area (Å²) in [6.07, 6.45) is -0.0764. The van der Waals surface area contributed by atoms with Crippen molar-refractivity contribution in [3.8, 4) is 0 Å². The fourth-order valence-electron chi connectivity index (χ4n) is 2.46. The molecule has 140 valence electrons. The predicted octanol–water partition coefficient (Wildman–Crippen LogP) is 1.46. The third-order valence-electron chi connectivity index (χ3n) is 3.84. The van der Waals surface area contributed by atoms with Gasteiger partial charge < -0.3 is 10.2 Å². The summed E-state index contributed by atoms with van der Waals surface area (Å²) in [5.74, 6) is -0.519. The standard InChI is InChI=1S/C19H23ClN2O3S/c1-22(2)14-16-5-3-15(4-6-16)13-21-19(23)11-12-26(24,25)18-9-7-17(20)8-10-18/h3-10H,11-14H2,1-2H3,(H,21,23)/p+1. The van der Waals surface area contributed by atoms with E-state index in [1.54, 1.807) is 0 Å². The van der Waals surface area contributed by atoms with Crippen molar-refractivity contribution in [2.24, 2.45) is 0 Å². The molecule has 0 saturated heterocycles. The van der Waals surface area contributed by atoms with Gasteiger partial charge in [0.25, 0.3) is 0 Å². The normalized spacial score (nSPS) is 11.5. The van der Waals surface area contributed by atoms with Gasteiger partial charge in [-0.15, -0.1) is 0 Å². The lowest BCUT2D eigenvalue weighted by Gasteiger charge is -2.09. The van der Waals surface area contributed by atoms with Crippen LogP contribution in [0.4, 0.5) is 0 Å². The Hall–Kier alpha value is -1.89. The highest BCUT2D eigenvalue weighted by atomic mass is 35.5. The lowest BCUT2D eigenvalue weighted by atomic mass is 10.1. The molecule has 0 radical (unpaired) electrons. The summed E-state index contributed by atoms with van der Waals surface area (Å²) in [6, 6.07) is 14.0. The average Bonchev–Trinajstić information content (AvgIpc) is 2.59. The molecule has 2 N–H and O–H groups in total. The third-order valence-corrected chi connectivity index (χ3v) is 5.82. The first-order chi connectivity index (χ1) is 12.3. The Labute approximate surface area is 159 Å². The van der Waals surface area contributed by atoms with Crippen molar-refractivity contribution in [1.82, 2.24) is 5.32 Å². The van der Waals surface area contributed by atoms with Gasteiger partial charge in [0.1, 0.15) is 6.54 Å². The summed E-state index contributed by atoms with van der Waals surface area (Å²) in [5, 5.41) is 3.23. The Kier molecular flexibility index (Phi) is 7.20. The molecule has 1 amide bonds. The van der Waals surface area contributed by atoms with E-state index in [2.05, 4.69) is 19.4 Å². The molecular weight excluding hydrogens is 372 g/mol. The van der Waals surface area contributed by atoms with Crippen molar-refractivity contribution in [1.29, 1.82) is 0 Å². The molecule has 0 aromatic heterocycles. The van der Waals surface area contributed by atoms with E-state index in [1.807, 2.05) is 24.3 Å². The average molecular weight is 396 g/mol. The Morgan fingerprint density at radius 2 is 1.58 bits per heavy atom. The van der Waals surface area contributed by atoms with Gasteiger partial charge in [-0.2, -0.15) is 0 Å². The van der Waals surface area contributed by atoms with Crippen molar-refractivity contribution in [2.75, 3.05) is 19.8 Å². The van der Waals surface area contributed by atoms with Crippen LogP contribution in [-0.2, 0) is 27.7 Å². The van der Waals surface area contributed by atoms with Gasteiger partial charge in [0, 0.05) is 23.6 Å². The molecule has 0 aliphatic rings. The fourth-order valence-corrected chi connectivity index (χ4v) is 3.83. The summed E-state index contributed by atoms with van der Waals surface area (Å²) < 4.78 is 24.4. The van der Waals surface area contributed by atoms with Crippen molar-refractivity contribution in [3.05, 3.63) is 64.7 Å². The number of rotatable bonds is 8. The zero-order valence-electron chi connectivity index (χ0n) is 15.0. The second-order valence-corrected chi connectivity index (χ2v) is 9.05. The minimum atomic E-state index is -3.49. The minimum Gasteiger partial charge on any atom is -0.352 e. The molecule has 0 atom stereocenters. The second-order valence-electron chi connectivity index (χ2n) is 6.50. The first-order valence-corrected chi connectivity index (χ1v) is 10.4. The number of hydrogen-bond acceptors (Lipinski definition) is 3. The van der Waals surface area contributed by atoms with Crippen molar-refractivity contribution >= 4 is 27.3 Å². The number of sulfone groups is 1. The van der Waals surface area contributed by atoms with Gasteiger partial charge in [-0.3, -0.25) is 4.79 Å². The van der Waals surface area contributed by atoms with Gasteiger partial charge in [0.2, 0.25) is 5.91 Å². The molecular formula is C19H24ClN2O3S+. The van der Waals surface area contributed by atoms with Crippen LogP contribution < -0.4 is 10.2 Å². The number of carbonyl (C=O) groups excluding carboxylic acids is 1. The molecule has 0 aliphatic heterocycles. The Bertz CT molecular complexity index is 832. The summed E-state index contributed by atoms with van der Waals surface area (Å²) in [4.78, 5) is 13.5. The third kappa shape index (κ3) is 6.44. The Morgan fingerprint density at radius 3 is 2.15 bits per heavy atom. The zero-order chi connectivity index (χ0) is 19.2. The van der Waals surface area contributed by atoms with Gasteiger partial charge in [-0.25, -0.2) is 8.42 Å². The van der Waals surface area contributed by atoms with Crippen LogP contribution in [0.1, 0.15) is 17.5 Å². The van der Waals surface area contributed by atoms with Crippen LogP contribution in [0.2, 0.25) is 5.02 Å². The van der Waals surface area contributed by atoms with Crippen molar-refractivity contribution < 1.29 is 18.1 Å². The van der Waals surface area contributed by atoms with Gasteiger partial charge in [-0.1, -0.05) is 35.9 Å². The highest BCUT2D eigenvalue weighted by Crippen LogP contribution is 2.16. The number of quaternary nitrogens is 1. The summed E-state index contributed by atoms with van der Waals surface area (Å²) >= 11 is 5.76. The van der Waals surface area contributed by atoms with Crippen molar-refractivity contribution in [3.63, 3.8) is 0 Å². The van der Waals surface area contributed by atoms with Crippen LogP contribution in [0, 0.1) is 0 Å². The van der Waals surface area contributed by atoms with Crippen LogP contribution in [0.5, 0.6) is 0 Å². The van der Waals surface area contributed by atoms with E-state index >= 15 is 0 Å². The monoisotopic (exact) mass is 395 g/mol. The van der Waals surface area contributed by atoms with E-state index in [0.29, 0.717) is 11.6 Å². The minimum absolute atomic E-state index is 0.0764. The van der Waals surface area contributed by atoms with E-state index in [-0.39, 0.29) is 23.0 Å². The van der Waals surface area contributed by atoms with Crippen LogP contribution in [0.25, 0.3) is 0 Å². The van der Waals surface area contributed by atoms with Gasteiger partial charge >= 0.3 is 0 Å². The lowest BCUT2D eigenvalue weighted by molar-refractivity contribution is -0.872. The van der Waals surface area contributed by atoms with E-state index in [1.165, 1.54) is 34.7 Å². The maximum Gasteiger partial charge on any atom is 0.221 e. The van der Waals surface area contributed by atoms with Crippen LogP contribution >= 0.6 is 11.6 Å². The molecule has 2 aromatic rings. The predicted molar refractivity (Wildman–Crippen MR) is 103 cm³/mol. The number of nitrogens with one attached hydrogen (secondary N) is 2. The fraction of sp³-hybridized carbons (Fsp3) is 0.316. The van der Waals surface area contributed by atoms with E-state index in [4.69, 9.17) is 11.6 Å². The molecule has 0 unspecified atom stereocenters. The van der Waals surface area contributed by atoms with Gasteiger partial charge in [0.05, 0.1) is 24.7 Å². The van der Waals surface area contributed by atoms with E-state index in [0.717, 1.165) is 12.1 Å². The Balaban J connectivity index is 1.82. The number of carbonyl (C=O) groups is 1. The molecule has 0 fully saturated rings. The van der Waals surface area contributed by atoms with E-state index in [9.17, 15) is 13.2 Å². The van der Waals surface area contributed by atoms with Crippen LogP contribution in [0.15, 0.2) is 53.4 Å². The van der Waals surface area contributed by atoms with E-state index < -0.39 is 9.84 Å². The van der Waals surface area contributed by atoms with Crippen molar-refractivity contribution in [2.45, 2.75) is 24.4 Å². The molecule has 0 spiro atoms. The highest BCUT2D eigenvalue weighted by molar-refractivity contribution is 7.91. The van der Waals surface area contributed by atoms with Crippen LogP contribution in [-0.4, -0.2) is 34.2 Å². The number of benzene rings is 2. The molecule has 5 nitrogen and oxygen atoms in total. The highest BCUT2D eigenvalue weighted by Gasteiger charge is 2.16. The topological polar surface area (TPSA) is 67.7 Å². The second kappa shape index (κ2) is 9.16. The number of hydrogen-bond donors (Lipinski definition) is 2. The maximum atomic E-state index is 12.2. The molecule has 7 heteroatoms. The smallest absolute Gasteiger partial charge is 0.221 e. The first-order valence-electron chi connectivity index (χ1n) is 8.38. The SMILES string of the molecule is C[NH+](C)Cc1ccc(CNC(=O)CCS(=O)(=O)c2ccc(Cl)cc2)cc1. The number of halogens is 1. The molecule has 26 heavy (non-hydrogen) atoms. The quantitative estimate of drug-likeness (QED) is 0.711. The summed E-state index contributed by atoms with van der Waals surface area (Å²) in [5.41, 5.74) is 2.21. The summed E-state index contributed by atoms with van der Waals surface area (Å²) in [7, 11) is 0.685. The summed E-state index contributed by atoms with van der Waals surface area (Å²) in [6.45, 7) is 1.32. The Morgan fingerprint density at radius 1 is 1.00 bits per heavy atom. The number of amides is 1. The molecule has 0 saturated carbocycles. The molecule has 0 heterocycles. The maximum absolute atomic E-state index is 12.2. The van der Waals surface area contributed by atoms with Crippen LogP contribution in [0.3, 0.4) is 0 Å². The van der Waals surface area contributed by atoms with Gasteiger partial charge in [-0.05, 0) is 29.8 Å². The largest absolute Gasteiger partial charge is 0.352 e. The zero-order valence-corrected chi connectivity index (χ0v) is 16.5. The lowest BCUT2D eigenvalue weighted by Crippen LogP contribution is -3.04. The van der Waals surface area contributed by atoms with Gasteiger partial charge in [0.15, 0.2) is 9.84 Å².